The number of nitrogens with zero attached hydrogens (tertiary/aromatic N) is 1. The van der Waals surface area contributed by atoms with Crippen LogP contribution in [0.4, 0.5) is 18.0 Å². The Morgan fingerprint density at radius 2 is 1.86 bits per heavy atom. The number of halogens is 5. The minimum atomic E-state index is -4.62. The van der Waals surface area contributed by atoms with E-state index in [-0.39, 0.29) is 37.9 Å². The number of rotatable bonds is 5. The van der Waals surface area contributed by atoms with E-state index in [9.17, 15) is 28.0 Å². The fourth-order valence-corrected chi connectivity index (χ4v) is 3.92. The van der Waals surface area contributed by atoms with Gasteiger partial charge in [0.1, 0.15) is 11.5 Å². The van der Waals surface area contributed by atoms with Crippen LogP contribution in [0.2, 0.25) is 5.02 Å². The number of nitrogens with one attached hydrogen (secondary N) is 1. The van der Waals surface area contributed by atoms with Crippen molar-refractivity contribution in [3.8, 4) is 23.3 Å². The minimum absolute atomic E-state index is 0.0219. The molecule has 0 spiro atoms. The van der Waals surface area contributed by atoms with Gasteiger partial charge in [-0.2, -0.15) is 31.1 Å². The van der Waals surface area contributed by atoms with Gasteiger partial charge < -0.3 is 9.47 Å². The summed E-state index contributed by atoms with van der Waals surface area (Å²) in [5.74, 6) is -0.526. The molecule has 0 heterocycles. The summed E-state index contributed by atoms with van der Waals surface area (Å²) in [7, 11) is 0. The zero-order valence-corrected chi connectivity index (χ0v) is 20.6. The van der Waals surface area contributed by atoms with Gasteiger partial charge in [0.15, 0.2) is 5.75 Å². The van der Waals surface area contributed by atoms with E-state index in [4.69, 9.17) is 21.1 Å². The van der Waals surface area contributed by atoms with Gasteiger partial charge in [0.05, 0.1) is 32.3 Å². The van der Waals surface area contributed by atoms with E-state index in [0.717, 1.165) is 17.7 Å². The van der Waals surface area contributed by atoms with Crippen LogP contribution in [0, 0.1) is 11.3 Å². The molecule has 3 aromatic carbocycles. The molecule has 2 amide bonds. The second-order valence-electron chi connectivity index (χ2n) is 6.84. The van der Waals surface area contributed by atoms with Crippen LogP contribution in [0.5, 0.6) is 17.2 Å². The fraction of sp³-hybridized carbons (Fsp3) is 0.0870. The third kappa shape index (κ3) is 6.69. The van der Waals surface area contributed by atoms with E-state index >= 15 is 0 Å². The van der Waals surface area contributed by atoms with Gasteiger partial charge in [-0.05, 0) is 64.0 Å². The second-order valence-corrected chi connectivity index (χ2v) is 8.41. The van der Waals surface area contributed by atoms with E-state index in [0.29, 0.717) is 11.8 Å². The first-order chi connectivity index (χ1) is 16.5. The van der Waals surface area contributed by atoms with Crippen LogP contribution in [-0.4, -0.2) is 12.0 Å². The topological polar surface area (TPSA) is 88.4 Å². The van der Waals surface area contributed by atoms with Gasteiger partial charge >= 0.3 is 12.3 Å². The number of amides is 2. The average Bonchev–Trinajstić information content (AvgIpc) is 2.80. The summed E-state index contributed by atoms with van der Waals surface area (Å²) in [5.41, 5.74) is -0.516. The van der Waals surface area contributed by atoms with Crippen molar-refractivity contribution in [1.29, 1.82) is 5.26 Å². The summed E-state index contributed by atoms with van der Waals surface area (Å²) in [5, 5.41) is 11.0. The molecule has 12 heteroatoms. The van der Waals surface area contributed by atoms with Crippen LogP contribution in [0.25, 0.3) is 0 Å². The van der Waals surface area contributed by atoms with Gasteiger partial charge in [0, 0.05) is 5.75 Å². The number of carbonyl (C=O) groups is 2. The molecule has 0 radical (unpaired) electrons. The molecule has 0 atom stereocenters. The Labute approximate surface area is 216 Å². The van der Waals surface area contributed by atoms with Crippen LogP contribution in [0.3, 0.4) is 0 Å². The Kier molecular flexibility index (Phi) is 8.32. The number of ether oxygens (including phenoxy) is 2. The van der Waals surface area contributed by atoms with Gasteiger partial charge in [0.25, 0.3) is 5.91 Å². The lowest BCUT2D eigenvalue weighted by atomic mass is 10.1. The molecule has 0 aliphatic carbocycles. The van der Waals surface area contributed by atoms with Gasteiger partial charge in [-0.1, -0.05) is 23.7 Å². The van der Waals surface area contributed by atoms with Crippen molar-refractivity contribution in [2.24, 2.45) is 0 Å². The highest BCUT2D eigenvalue weighted by Crippen LogP contribution is 2.42. The molecule has 0 fully saturated rings. The zero-order chi connectivity index (χ0) is 25.8. The summed E-state index contributed by atoms with van der Waals surface area (Å²) in [4.78, 5) is 24.8. The molecule has 0 aromatic heterocycles. The molecule has 1 N–H and O–H groups in total. The lowest BCUT2D eigenvalue weighted by Gasteiger charge is -2.14. The molecular formula is C23H13BrClF3N2O4S. The number of nitriles is 1. The largest absolute Gasteiger partial charge is 0.455 e. The molecule has 35 heavy (non-hydrogen) atoms. The van der Waals surface area contributed by atoms with Crippen LogP contribution in [0.15, 0.2) is 59.1 Å². The predicted molar refractivity (Wildman–Crippen MR) is 128 cm³/mol. The lowest BCUT2D eigenvalue weighted by Crippen LogP contribution is -2.33. The van der Waals surface area contributed by atoms with Crippen molar-refractivity contribution < 1.29 is 32.2 Å². The highest BCUT2D eigenvalue weighted by atomic mass is 79.9. The lowest BCUT2D eigenvalue weighted by molar-refractivity contribution is -0.137. The highest BCUT2D eigenvalue weighted by molar-refractivity contribution is 9.10. The first kappa shape index (κ1) is 26.4. The number of carbonyl (C=O) groups excluding carboxylic acids is 2. The quantitative estimate of drug-likeness (QED) is 0.311. The molecular weight excluding hydrogens is 573 g/mol. The van der Waals surface area contributed by atoms with Crippen molar-refractivity contribution in [3.05, 3.63) is 86.3 Å². The smallest absolute Gasteiger partial charge is 0.419 e. The number of hydrogen-bond donors (Lipinski definition) is 2. The Morgan fingerprint density at radius 3 is 2.49 bits per heavy atom. The van der Waals surface area contributed by atoms with Crippen LogP contribution < -0.4 is 14.8 Å². The normalized spacial score (nSPS) is 10.9. The molecule has 3 rings (SSSR count). The van der Waals surface area contributed by atoms with Gasteiger partial charge in [-0.15, -0.1) is 0 Å². The van der Waals surface area contributed by atoms with Gasteiger partial charge in [0.2, 0.25) is 0 Å². The highest BCUT2D eigenvalue weighted by Gasteiger charge is 2.32. The standard InChI is InChI=1S/C23H13BrClF3N2O4S/c24-18-7-14(23(26,27)28)8-19(25)20(18)33-16-5-4-13(10-29)17(9-16)21(31)30-22(32)34-15-3-1-2-12(6-15)11-35/h1-9,35H,11H2,(H,30,31,32). The van der Waals surface area contributed by atoms with Crippen molar-refractivity contribution in [2.45, 2.75) is 11.9 Å². The van der Waals surface area contributed by atoms with E-state index in [2.05, 4.69) is 28.6 Å². The van der Waals surface area contributed by atoms with Crippen molar-refractivity contribution in [3.63, 3.8) is 0 Å². The third-order valence-corrected chi connectivity index (χ3v) is 5.64. The molecule has 0 bridgehead atoms. The van der Waals surface area contributed by atoms with Gasteiger partial charge in [-0.3, -0.25) is 10.1 Å². The Bertz CT molecular complexity index is 1320. The molecule has 0 aliphatic rings. The summed E-state index contributed by atoms with van der Waals surface area (Å²) >= 11 is 13.1. The summed E-state index contributed by atoms with van der Waals surface area (Å²) < 4.78 is 49.5. The Hall–Kier alpha value is -3.20. The minimum Gasteiger partial charge on any atom is -0.455 e. The van der Waals surface area contributed by atoms with Crippen LogP contribution >= 0.6 is 40.2 Å². The van der Waals surface area contributed by atoms with E-state index in [1.807, 2.05) is 11.4 Å². The monoisotopic (exact) mass is 584 g/mol. The average molecular weight is 586 g/mol. The van der Waals surface area contributed by atoms with E-state index < -0.39 is 23.7 Å². The molecule has 0 saturated carbocycles. The van der Waals surface area contributed by atoms with Crippen LogP contribution in [0.1, 0.15) is 27.0 Å². The maximum atomic E-state index is 13.0. The SMILES string of the molecule is N#Cc1ccc(Oc2c(Cl)cc(C(F)(F)F)cc2Br)cc1C(=O)NC(=O)Oc1cccc(CS)c1. The second kappa shape index (κ2) is 11.0. The first-order valence-electron chi connectivity index (χ1n) is 9.53. The van der Waals surface area contributed by atoms with Crippen LogP contribution in [-0.2, 0) is 11.9 Å². The molecule has 0 unspecified atom stereocenters. The number of imide groups is 1. The number of thiol groups is 1. The summed E-state index contributed by atoms with van der Waals surface area (Å²) in [6, 6.07) is 13.5. The fourth-order valence-electron chi connectivity index (χ4n) is 2.81. The first-order valence-corrected chi connectivity index (χ1v) is 11.3. The zero-order valence-electron chi connectivity index (χ0n) is 17.3. The molecule has 0 aliphatic heterocycles. The summed E-state index contributed by atoms with van der Waals surface area (Å²) in [6.07, 6.45) is -5.71. The van der Waals surface area contributed by atoms with E-state index in [1.54, 1.807) is 18.2 Å². The summed E-state index contributed by atoms with van der Waals surface area (Å²) in [6.45, 7) is 0. The van der Waals surface area contributed by atoms with Crippen molar-refractivity contribution in [1.82, 2.24) is 5.32 Å². The molecule has 0 saturated heterocycles. The number of benzene rings is 3. The van der Waals surface area contributed by atoms with Gasteiger partial charge in [-0.25, -0.2) is 4.79 Å². The van der Waals surface area contributed by atoms with Crippen molar-refractivity contribution >= 4 is 52.2 Å². The Morgan fingerprint density at radius 1 is 1.11 bits per heavy atom. The number of alkyl halides is 3. The molecule has 180 valence electrons. The molecule has 6 nitrogen and oxygen atoms in total. The maximum Gasteiger partial charge on any atom is 0.419 e. The third-order valence-electron chi connectivity index (χ3n) is 4.41. The van der Waals surface area contributed by atoms with E-state index in [1.165, 1.54) is 18.2 Å². The molecule has 3 aromatic rings. The Balaban J connectivity index is 1.82. The van der Waals surface area contributed by atoms with Crippen molar-refractivity contribution in [2.75, 3.05) is 0 Å². The number of hydrogen-bond acceptors (Lipinski definition) is 6. The predicted octanol–water partition coefficient (Wildman–Crippen LogP) is 7.14. The maximum absolute atomic E-state index is 13.0.